The van der Waals surface area contributed by atoms with Gasteiger partial charge in [-0.15, -0.1) is 0 Å². The molecule has 0 saturated carbocycles. The van der Waals surface area contributed by atoms with Crippen molar-refractivity contribution in [3.8, 4) is 0 Å². The highest BCUT2D eigenvalue weighted by Crippen LogP contribution is 2.22. The van der Waals surface area contributed by atoms with Gasteiger partial charge in [0, 0.05) is 18.7 Å². The zero-order valence-electron chi connectivity index (χ0n) is 14.0. The molecule has 2 aromatic carbocycles. The van der Waals surface area contributed by atoms with Crippen LogP contribution in [0.25, 0.3) is 0 Å². The summed E-state index contributed by atoms with van der Waals surface area (Å²) < 4.78 is 4.60. The lowest BCUT2D eigenvalue weighted by molar-refractivity contribution is -0.116. The molecule has 0 aliphatic carbocycles. The Hall–Kier alpha value is -3.48. The fourth-order valence-electron chi connectivity index (χ4n) is 2.69. The molecule has 26 heavy (non-hydrogen) atoms. The number of fused-ring (bicyclic) bond motifs is 1. The van der Waals surface area contributed by atoms with Gasteiger partial charge in [0.25, 0.3) is 11.8 Å². The largest absolute Gasteiger partial charge is 0.465 e. The summed E-state index contributed by atoms with van der Waals surface area (Å²) >= 11 is 0. The van der Waals surface area contributed by atoms with E-state index in [1.807, 2.05) is 0 Å². The van der Waals surface area contributed by atoms with E-state index >= 15 is 0 Å². The number of rotatable bonds is 5. The molecule has 1 aliphatic heterocycles. The van der Waals surface area contributed by atoms with Crippen LogP contribution in [-0.2, 0) is 9.53 Å². The summed E-state index contributed by atoms with van der Waals surface area (Å²) in [5.41, 5.74) is 1.59. The van der Waals surface area contributed by atoms with Crippen LogP contribution in [0.3, 0.4) is 0 Å². The molecule has 0 atom stereocenters. The Morgan fingerprint density at radius 1 is 0.962 bits per heavy atom. The monoisotopic (exact) mass is 352 g/mol. The summed E-state index contributed by atoms with van der Waals surface area (Å²) in [6.45, 7) is -0.00156. The summed E-state index contributed by atoms with van der Waals surface area (Å²) in [4.78, 5) is 49.0. The van der Waals surface area contributed by atoms with Crippen molar-refractivity contribution in [2.24, 2.45) is 0 Å². The first-order chi connectivity index (χ1) is 12.5. The maximum atomic E-state index is 12.2. The quantitative estimate of drug-likeness (QED) is 0.657. The molecule has 3 amide bonds. The minimum Gasteiger partial charge on any atom is -0.465 e. The number of benzene rings is 2. The Kier molecular flexibility index (Phi) is 4.79. The third-order valence-corrected chi connectivity index (χ3v) is 4.03. The van der Waals surface area contributed by atoms with Gasteiger partial charge in [-0.05, 0) is 36.4 Å². The van der Waals surface area contributed by atoms with Crippen LogP contribution >= 0.6 is 0 Å². The van der Waals surface area contributed by atoms with Crippen LogP contribution in [0.1, 0.15) is 37.5 Å². The molecular formula is C19H16N2O5. The van der Waals surface area contributed by atoms with Crippen LogP contribution in [0, 0.1) is 0 Å². The number of methoxy groups -OCH3 is 1. The van der Waals surface area contributed by atoms with Crippen molar-refractivity contribution in [3.63, 3.8) is 0 Å². The van der Waals surface area contributed by atoms with Gasteiger partial charge in [0.15, 0.2) is 0 Å². The summed E-state index contributed by atoms with van der Waals surface area (Å²) in [5, 5.41) is 2.66. The van der Waals surface area contributed by atoms with Crippen LogP contribution in [0.5, 0.6) is 0 Å². The molecule has 2 aromatic rings. The fraction of sp³-hybridized carbons (Fsp3) is 0.158. The minimum absolute atomic E-state index is 0.00156. The molecule has 0 saturated heterocycles. The van der Waals surface area contributed by atoms with E-state index in [0.29, 0.717) is 22.4 Å². The van der Waals surface area contributed by atoms with E-state index in [0.717, 1.165) is 4.90 Å². The van der Waals surface area contributed by atoms with E-state index in [1.165, 1.54) is 19.2 Å². The molecule has 1 aliphatic rings. The number of nitrogens with one attached hydrogen (secondary N) is 1. The number of amides is 3. The van der Waals surface area contributed by atoms with Crippen LogP contribution < -0.4 is 5.32 Å². The first-order valence-electron chi connectivity index (χ1n) is 7.94. The Morgan fingerprint density at radius 2 is 1.54 bits per heavy atom. The topological polar surface area (TPSA) is 92.8 Å². The lowest BCUT2D eigenvalue weighted by Gasteiger charge is -2.13. The Bertz CT molecular complexity index is 854. The molecule has 7 nitrogen and oxygen atoms in total. The van der Waals surface area contributed by atoms with E-state index in [2.05, 4.69) is 10.1 Å². The summed E-state index contributed by atoms with van der Waals surface area (Å²) in [6, 6.07) is 12.8. The van der Waals surface area contributed by atoms with Crippen LogP contribution in [0.2, 0.25) is 0 Å². The SMILES string of the molecule is COC(=O)c1ccc(NC(=O)CCN2C(=O)c3ccccc3C2=O)cc1. The molecule has 7 heteroatoms. The molecule has 0 radical (unpaired) electrons. The van der Waals surface area contributed by atoms with Crippen molar-refractivity contribution in [3.05, 3.63) is 65.2 Å². The van der Waals surface area contributed by atoms with Crippen LogP contribution in [0.4, 0.5) is 5.69 Å². The number of carbonyl (C=O) groups excluding carboxylic acids is 4. The van der Waals surface area contributed by atoms with Gasteiger partial charge < -0.3 is 10.1 Å². The van der Waals surface area contributed by atoms with Crippen molar-refractivity contribution in [1.29, 1.82) is 0 Å². The Balaban J connectivity index is 1.57. The normalized spacial score (nSPS) is 12.7. The van der Waals surface area contributed by atoms with Gasteiger partial charge in [0.05, 0.1) is 23.8 Å². The second kappa shape index (κ2) is 7.18. The average Bonchev–Trinajstić information content (AvgIpc) is 2.91. The van der Waals surface area contributed by atoms with E-state index in [4.69, 9.17) is 0 Å². The molecule has 3 rings (SSSR count). The highest BCUT2D eigenvalue weighted by Gasteiger charge is 2.34. The summed E-state index contributed by atoms with van der Waals surface area (Å²) in [6.07, 6.45) is -0.0236. The van der Waals surface area contributed by atoms with Crippen LogP contribution in [0.15, 0.2) is 48.5 Å². The van der Waals surface area contributed by atoms with E-state index in [-0.39, 0.29) is 30.7 Å². The lowest BCUT2D eigenvalue weighted by Crippen LogP contribution is -2.32. The number of ether oxygens (including phenoxy) is 1. The zero-order chi connectivity index (χ0) is 18.7. The zero-order valence-corrected chi connectivity index (χ0v) is 14.0. The minimum atomic E-state index is -0.464. The summed E-state index contributed by atoms with van der Waals surface area (Å²) in [5.74, 6) is -1.58. The first-order valence-corrected chi connectivity index (χ1v) is 7.94. The molecule has 1 heterocycles. The van der Waals surface area contributed by atoms with Crippen molar-refractivity contribution in [1.82, 2.24) is 4.90 Å². The number of imide groups is 1. The fourth-order valence-corrected chi connectivity index (χ4v) is 2.69. The standard InChI is InChI=1S/C19H16N2O5/c1-26-19(25)12-6-8-13(9-7-12)20-16(22)10-11-21-17(23)14-4-2-3-5-15(14)18(21)24/h2-9H,10-11H2,1H3,(H,20,22). The first kappa shape index (κ1) is 17.3. The van der Waals surface area contributed by atoms with Gasteiger partial charge in [0.2, 0.25) is 5.91 Å². The van der Waals surface area contributed by atoms with Gasteiger partial charge in [-0.3, -0.25) is 19.3 Å². The van der Waals surface area contributed by atoms with E-state index < -0.39 is 5.97 Å². The maximum Gasteiger partial charge on any atom is 0.337 e. The number of esters is 1. The number of hydrogen-bond donors (Lipinski definition) is 1. The Morgan fingerprint density at radius 3 is 2.08 bits per heavy atom. The van der Waals surface area contributed by atoms with Crippen LogP contribution in [-0.4, -0.2) is 42.2 Å². The predicted molar refractivity (Wildman–Crippen MR) is 92.8 cm³/mol. The second-order valence-electron chi connectivity index (χ2n) is 5.67. The van der Waals surface area contributed by atoms with Gasteiger partial charge >= 0.3 is 5.97 Å². The highest BCUT2D eigenvalue weighted by atomic mass is 16.5. The molecule has 0 spiro atoms. The van der Waals surface area contributed by atoms with E-state index in [9.17, 15) is 19.2 Å². The molecule has 0 aromatic heterocycles. The van der Waals surface area contributed by atoms with Crippen molar-refractivity contribution < 1.29 is 23.9 Å². The highest BCUT2D eigenvalue weighted by molar-refractivity contribution is 6.21. The average molecular weight is 352 g/mol. The smallest absolute Gasteiger partial charge is 0.337 e. The second-order valence-corrected chi connectivity index (χ2v) is 5.67. The molecular weight excluding hydrogens is 336 g/mol. The third kappa shape index (κ3) is 3.32. The molecule has 0 bridgehead atoms. The van der Waals surface area contributed by atoms with Crippen molar-refractivity contribution in [2.45, 2.75) is 6.42 Å². The summed E-state index contributed by atoms with van der Waals surface area (Å²) in [7, 11) is 1.29. The van der Waals surface area contributed by atoms with Crippen molar-refractivity contribution in [2.75, 3.05) is 19.0 Å². The van der Waals surface area contributed by atoms with E-state index in [1.54, 1.807) is 36.4 Å². The maximum absolute atomic E-state index is 12.2. The number of carbonyl (C=O) groups is 4. The molecule has 1 N–H and O–H groups in total. The van der Waals surface area contributed by atoms with Gasteiger partial charge in [-0.2, -0.15) is 0 Å². The predicted octanol–water partition coefficient (Wildman–Crippen LogP) is 2.10. The Labute approximate surface area is 149 Å². The lowest BCUT2D eigenvalue weighted by atomic mass is 10.1. The molecule has 132 valence electrons. The molecule has 0 unspecified atom stereocenters. The number of hydrogen-bond acceptors (Lipinski definition) is 5. The van der Waals surface area contributed by atoms with Gasteiger partial charge in [-0.1, -0.05) is 12.1 Å². The van der Waals surface area contributed by atoms with Crippen molar-refractivity contribution >= 4 is 29.4 Å². The molecule has 0 fully saturated rings. The number of nitrogens with zero attached hydrogens (tertiary/aromatic N) is 1. The van der Waals surface area contributed by atoms with Gasteiger partial charge in [-0.25, -0.2) is 4.79 Å². The third-order valence-electron chi connectivity index (χ3n) is 4.03. The van der Waals surface area contributed by atoms with Gasteiger partial charge in [0.1, 0.15) is 0 Å². The number of anilines is 1.